The third-order valence-corrected chi connectivity index (χ3v) is 3.42. The molecule has 0 bridgehead atoms. The lowest BCUT2D eigenvalue weighted by Gasteiger charge is -2.41. The molecule has 1 amide bonds. The van der Waals surface area contributed by atoms with Crippen LogP contribution in [0.3, 0.4) is 0 Å². The van der Waals surface area contributed by atoms with Crippen LogP contribution in [0.15, 0.2) is 12.5 Å². The van der Waals surface area contributed by atoms with Gasteiger partial charge in [0.15, 0.2) is 0 Å². The van der Waals surface area contributed by atoms with Crippen molar-refractivity contribution < 1.29 is 9.53 Å². The largest absolute Gasteiger partial charge is 0.444 e. The van der Waals surface area contributed by atoms with Gasteiger partial charge in [-0.3, -0.25) is 0 Å². The van der Waals surface area contributed by atoms with Crippen molar-refractivity contribution in [2.24, 2.45) is 0 Å². The lowest BCUT2D eigenvalue weighted by Crippen LogP contribution is -2.55. The highest BCUT2D eigenvalue weighted by molar-refractivity contribution is 5.69. The van der Waals surface area contributed by atoms with E-state index in [1.54, 1.807) is 11.2 Å². The molecule has 1 aliphatic heterocycles. The fourth-order valence-electron chi connectivity index (χ4n) is 2.47. The van der Waals surface area contributed by atoms with Gasteiger partial charge in [0, 0.05) is 37.4 Å². The average molecular weight is 292 g/mol. The molecule has 6 nitrogen and oxygen atoms in total. The number of ether oxygens (including phenoxy) is 1. The van der Waals surface area contributed by atoms with Crippen LogP contribution in [0.1, 0.15) is 33.3 Å². The average Bonchev–Trinajstić information content (AvgIpc) is 2.37. The zero-order valence-electron chi connectivity index (χ0n) is 13.5. The second-order valence-electron chi connectivity index (χ2n) is 6.50. The first-order valence-corrected chi connectivity index (χ1v) is 7.29. The summed E-state index contributed by atoms with van der Waals surface area (Å²) in [6.07, 6.45) is 3.13. The third kappa shape index (κ3) is 3.83. The lowest BCUT2D eigenvalue weighted by atomic mass is 10.1. The Kier molecular flexibility index (Phi) is 4.34. The van der Waals surface area contributed by atoms with Gasteiger partial charge >= 0.3 is 6.09 Å². The van der Waals surface area contributed by atoms with E-state index in [2.05, 4.69) is 14.9 Å². The summed E-state index contributed by atoms with van der Waals surface area (Å²) in [4.78, 5) is 24.5. The number of aromatic nitrogens is 2. The van der Waals surface area contributed by atoms with Crippen molar-refractivity contribution in [3.63, 3.8) is 0 Å². The quantitative estimate of drug-likeness (QED) is 0.794. The molecule has 0 aliphatic carbocycles. The number of hydrogen-bond acceptors (Lipinski definition) is 5. The standard InChI is InChI=1S/C15H24N4O2/c1-11-8-16-10-17-13(11)18-6-7-19(12(2)9-18)14(20)21-15(3,4)5/h8,10,12H,6-7,9H2,1-5H3/t12-/m0/s1. The van der Waals surface area contributed by atoms with E-state index < -0.39 is 5.60 Å². The summed E-state index contributed by atoms with van der Waals surface area (Å²) in [5, 5.41) is 0. The van der Waals surface area contributed by atoms with Crippen molar-refractivity contribution in [3.05, 3.63) is 18.1 Å². The molecule has 1 aliphatic rings. The van der Waals surface area contributed by atoms with E-state index in [9.17, 15) is 4.79 Å². The Bertz CT molecular complexity index is 513. The molecule has 0 N–H and O–H groups in total. The first kappa shape index (κ1) is 15.5. The number of anilines is 1. The maximum Gasteiger partial charge on any atom is 0.410 e. The van der Waals surface area contributed by atoms with Gasteiger partial charge in [-0.1, -0.05) is 0 Å². The van der Waals surface area contributed by atoms with Gasteiger partial charge in [-0.25, -0.2) is 14.8 Å². The number of aryl methyl sites for hydroxylation is 1. The Balaban J connectivity index is 2.03. The Morgan fingerprint density at radius 1 is 1.38 bits per heavy atom. The first-order valence-electron chi connectivity index (χ1n) is 7.29. The van der Waals surface area contributed by atoms with Crippen LogP contribution in [0.4, 0.5) is 10.6 Å². The minimum Gasteiger partial charge on any atom is -0.444 e. The molecule has 0 spiro atoms. The van der Waals surface area contributed by atoms with E-state index in [0.29, 0.717) is 6.54 Å². The summed E-state index contributed by atoms with van der Waals surface area (Å²) in [7, 11) is 0. The van der Waals surface area contributed by atoms with Crippen molar-refractivity contribution in [2.75, 3.05) is 24.5 Å². The van der Waals surface area contributed by atoms with Crippen LogP contribution in [0.2, 0.25) is 0 Å². The molecule has 1 atom stereocenters. The highest BCUT2D eigenvalue weighted by Crippen LogP contribution is 2.21. The summed E-state index contributed by atoms with van der Waals surface area (Å²) in [6.45, 7) is 11.8. The molecule has 0 aromatic carbocycles. The zero-order chi connectivity index (χ0) is 15.6. The Morgan fingerprint density at radius 3 is 2.67 bits per heavy atom. The highest BCUT2D eigenvalue weighted by atomic mass is 16.6. The minimum absolute atomic E-state index is 0.0861. The van der Waals surface area contributed by atoms with Crippen molar-refractivity contribution in [1.29, 1.82) is 0 Å². The molecular formula is C15H24N4O2. The Morgan fingerprint density at radius 2 is 2.10 bits per heavy atom. The molecule has 1 aromatic heterocycles. The number of rotatable bonds is 1. The maximum atomic E-state index is 12.2. The van der Waals surface area contributed by atoms with E-state index in [1.807, 2.05) is 40.8 Å². The van der Waals surface area contributed by atoms with Crippen LogP contribution < -0.4 is 4.90 Å². The van der Waals surface area contributed by atoms with Crippen molar-refractivity contribution in [3.8, 4) is 0 Å². The molecule has 1 saturated heterocycles. The van der Waals surface area contributed by atoms with Crippen molar-refractivity contribution in [1.82, 2.24) is 14.9 Å². The molecule has 0 radical (unpaired) electrons. The molecule has 0 saturated carbocycles. The van der Waals surface area contributed by atoms with Gasteiger partial charge < -0.3 is 14.5 Å². The fourth-order valence-corrected chi connectivity index (χ4v) is 2.47. The minimum atomic E-state index is -0.461. The predicted octanol–water partition coefficient (Wildman–Crippen LogP) is 2.23. The van der Waals surface area contributed by atoms with E-state index in [1.165, 1.54) is 0 Å². The maximum absolute atomic E-state index is 12.2. The smallest absolute Gasteiger partial charge is 0.410 e. The van der Waals surface area contributed by atoms with E-state index >= 15 is 0 Å². The number of carbonyl (C=O) groups is 1. The van der Waals surface area contributed by atoms with Gasteiger partial charge in [-0.15, -0.1) is 0 Å². The second-order valence-corrected chi connectivity index (χ2v) is 6.50. The van der Waals surface area contributed by atoms with E-state index in [-0.39, 0.29) is 12.1 Å². The van der Waals surface area contributed by atoms with Crippen LogP contribution >= 0.6 is 0 Å². The topological polar surface area (TPSA) is 58.6 Å². The Hall–Kier alpha value is -1.85. The van der Waals surface area contributed by atoms with Crippen molar-refractivity contribution in [2.45, 2.75) is 46.3 Å². The lowest BCUT2D eigenvalue weighted by molar-refractivity contribution is 0.0158. The summed E-state index contributed by atoms with van der Waals surface area (Å²) in [6, 6.07) is 0.0861. The van der Waals surface area contributed by atoms with Crippen LogP contribution in [0, 0.1) is 6.92 Å². The first-order chi connectivity index (χ1) is 9.78. The zero-order valence-corrected chi connectivity index (χ0v) is 13.5. The molecule has 1 aromatic rings. The van der Waals surface area contributed by atoms with Crippen LogP contribution in [0.5, 0.6) is 0 Å². The normalized spacial score (nSPS) is 19.6. The van der Waals surface area contributed by atoms with Gasteiger partial charge in [0.25, 0.3) is 0 Å². The molecule has 6 heteroatoms. The van der Waals surface area contributed by atoms with E-state index in [0.717, 1.165) is 24.5 Å². The van der Waals surface area contributed by atoms with Crippen LogP contribution in [-0.4, -0.2) is 52.2 Å². The summed E-state index contributed by atoms with van der Waals surface area (Å²) in [5.41, 5.74) is 0.590. The van der Waals surface area contributed by atoms with Gasteiger partial charge in [0.2, 0.25) is 0 Å². The third-order valence-electron chi connectivity index (χ3n) is 3.42. The molecule has 21 heavy (non-hydrogen) atoms. The number of piperazine rings is 1. The van der Waals surface area contributed by atoms with Gasteiger partial charge in [0.1, 0.15) is 17.7 Å². The molecule has 2 rings (SSSR count). The van der Waals surface area contributed by atoms with Gasteiger partial charge in [0.05, 0.1) is 0 Å². The number of hydrogen-bond donors (Lipinski definition) is 0. The summed E-state index contributed by atoms with van der Waals surface area (Å²) < 4.78 is 5.46. The van der Waals surface area contributed by atoms with Crippen LogP contribution in [0.25, 0.3) is 0 Å². The molecule has 1 fully saturated rings. The molecular weight excluding hydrogens is 268 g/mol. The monoisotopic (exact) mass is 292 g/mol. The molecule has 0 unspecified atom stereocenters. The fraction of sp³-hybridized carbons (Fsp3) is 0.667. The molecule has 116 valence electrons. The van der Waals surface area contributed by atoms with Gasteiger partial charge in [-0.05, 0) is 34.6 Å². The highest BCUT2D eigenvalue weighted by Gasteiger charge is 2.31. The summed E-state index contributed by atoms with van der Waals surface area (Å²) in [5.74, 6) is 0.945. The number of nitrogens with zero attached hydrogens (tertiary/aromatic N) is 4. The number of amides is 1. The molecule has 2 heterocycles. The SMILES string of the molecule is Cc1cncnc1N1CCN(C(=O)OC(C)(C)C)[C@@H](C)C1. The second kappa shape index (κ2) is 5.87. The van der Waals surface area contributed by atoms with E-state index in [4.69, 9.17) is 4.74 Å². The van der Waals surface area contributed by atoms with Gasteiger partial charge in [-0.2, -0.15) is 0 Å². The van der Waals surface area contributed by atoms with Crippen molar-refractivity contribution >= 4 is 11.9 Å². The van der Waals surface area contributed by atoms with Crippen LogP contribution in [-0.2, 0) is 4.74 Å². The predicted molar refractivity (Wildman–Crippen MR) is 81.4 cm³/mol. The Labute approximate surface area is 126 Å². The summed E-state index contributed by atoms with van der Waals surface area (Å²) >= 11 is 0. The number of carbonyl (C=O) groups excluding carboxylic acids is 1.